The predicted octanol–water partition coefficient (Wildman–Crippen LogP) is 0.104. The Morgan fingerprint density at radius 2 is 1.71 bits per heavy atom. The van der Waals surface area contributed by atoms with Crippen molar-refractivity contribution in [2.75, 3.05) is 39.3 Å². The fourth-order valence-electron chi connectivity index (χ4n) is 2.59. The van der Waals surface area contributed by atoms with E-state index in [1.54, 1.807) is 0 Å². The molecule has 5 heteroatoms. The average Bonchev–Trinajstić information content (AvgIpc) is 2.28. The van der Waals surface area contributed by atoms with E-state index < -0.39 is 11.9 Å². The summed E-state index contributed by atoms with van der Waals surface area (Å²) in [7, 11) is 0. The van der Waals surface area contributed by atoms with Gasteiger partial charge in [-0.2, -0.15) is 0 Å². The van der Waals surface area contributed by atoms with Crippen molar-refractivity contribution in [3.8, 4) is 0 Å². The fraction of sp³-hybridized carbons (Fsp3) is 0.833. The van der Waals surface area contributed by atoms with E-state index in [0.29, 0.717) is 5.92 Å². The molecule has 0 amide bonds. The normalized spacial score (nSPS) is 25.0. The van der Waals surface area contributed by atoms with E-state index in [-0.39, 0.29) is 13.1 Å². The molecule has 2 fully saturated rings. The number of cyclic esters (lactones) is 2. The minimum atomic E-state index is -0.410. The second kappa shape index (κ2) is 5.60. The van der Waals surface area contributed by atoms with E-state index in [2.05, 4.69) is 16.6 Å². The highest BCUT2D eigenvalue weighted by Gasteiger charge is 2.28. The van der Waals surface area contributed by atoms with E-state index in [1.807, 2.05) is 4.90 Å². The number of ether oxygens (including phenoxy) is 1. The van der Waals surface area contributed by atoms with Gasteiger partial charge < -0.3 is 9.64 Å². The van der Waals surface area contributed by atoms with Crippen LogP contribution in [0.5, 0.6) is 0 Å². The number of piperidine rings is 1. The van der Waals surface area contributed by atoms with Crippen LogP contribution in [0.1, 0.15) is 19.8 Å². The minimum absolute atomic E-state index is 0.264. The lowest BCUT2D eigenvalue weighted by Gasteiger charge is -2.34. The van der Waals surface area contributed by atoms with Crippen molar-refractivity contribution < 1.29 is 14.3 Å². The molecule has 0 spiro atoms. The maximum atomic E-state index is 11.1. The third-order valence-electron chi connectivity index (χ3n) is 3.60. The monoisotopic (exact) mass is 240 g/mol. The number of morpholine rings is 1. The molecule has 2 saturated heterocycles. The Hall–Kier alpha value is -0.940. The number of likely N-dealkylation sites (tertiary alicyclic amines) is 1. The zero-order valence-corrected chi connectivity index (χ0v) is 10.4. The van der Waals surface area contributed by atoms with Crippen LogP contribution in [0.15, 0.2) is 0 Å². The lowest BCUT2D eigenvalue weighted by Crippen LogP contribution is -2.46. The molecule has 0 N–H and O–H groups in total. The van der Waals surface area contributed by atoms with Crippen molar-refractivity contribution in [3.05, 3.63) is 0 Å². The van der Waals surface area contributed by atoms with Crippen LogP contribution in [0.2, 0.25) is 0 Å². The van der Waals surface area contributed by atoms with Crippen LogP contribution < -0.4 is 0 Å². The van der Waals surface area contributed by atoms with E-state index in [0.717, 1.165) is 39.0 Å². The van der Waals surface area contributed by atoms with Crippen molar-refractivity contribution in [1.29, 1.82) is 0 Å². The van der Waals surface area contributed by atoms with Gasteiger partial charge in [-0.3, -0.25) is 14.5 Å². The molecule has 0 aliphatic carbocycles. The largest absolute Gasteiger partial charge is 0.391 e. The molecule has 0 aromatic carbocycles. The maximum Gasteiger partial charge on any atom is 0.327 e. The Balaban J connectivity index is 1.77. The number of rotatable bonds is 3. The van der Waals surface area contributed by atoms with Crippen LogP contribution in [0.3, 0.4) is 0 Å². The van der Waals surface area contributed by atoms with Crippen molar-refractivity contribution >= 4 is 11.9 Å². The van der Waals surface area contributed by atoms with Crippen molar-refractivity contribution in [1.82, 2.24) is 9.80 Å². The van der Waals surface area contributed by atoms with Crippen LogP contribution in [0.25, 0.3) is 0 Å². The SMILES string of the molecule is CCN1CCC(CN2CC(=O)OC(=O)C2)CC1. The molecule has 5 nitrogen and oxygen atoms in total. The number of nitrogens with zero attached hydrogens (tertiary/aromatic N) is 2. The summed E-state index contributed by atoms with van der Waals surface area (Å²) in [5.41, 5.74) is 0. The first kappa shape index (κ1) is 12.5. The van der Waals surface area contributed by atoms with Gasteiger partial charge in [0.25, 0.3) is 0 Å². The molecule has 0 atom stereocenters. The highest BCUT2D eigenvalue weighted by Crippen LogP contribution is 2.18. The highest BCUT2D eigenvalue weighted by molar-refractivity contribution is 5.90. The molecule has 0 aromatic rings. The zero-order valence-electron chi connectivity index (χ0n) is 10.4. The Kier molecular flexibility index (Phi) is 4.12. The van der Waals surface area contributed by atoms with Gasteiger partial charge in [-0.05, 0) is 38.4 Å². The summed E-state index contributed by atoms with van der Waals surface area (Å²) < 4.78 is 4.51. The van der Waals surface area contributed by atoms with Gasteiger partial charge in [0, 0.05) is 6.54 Å². The summed E-state index contributed by atoms with van der Waals surface area (Å²) >= 11 is 0. The van der Waals surface area contributed by atoms with Crippen LogP contribution in [0, 0.1) is 5.92 Å². The second-order valence-corrected chi connectivity index (χ2v) is 4.89. The minimum Gasteiger partial charge on any atom is -0.391 e. The molecule has 0 saturated carbocycles. The molecule has 0 radical (unpaired) electrons. The summed E-state index contributed by atoms with van der Waals surface area (Å²) in [6, 6.07) is 0. The number of esters is 2. The Morgan fingerprint density at radius 1 is 1.12 bits per heavy atom. The summed E-state index contributed by atoms with van der Waals surface area (Å²) in [6.07, 6.45) is 2.32. The predicted molar refractivity (Wildman–Crippen MR) is 62.4 cm³/mol. The molecule has 0 bridgehead atoms. The fourth-order valence-corrected chi connectivity index (χ4v) is 2.59. The van der Waals surface area contributed by atoms with Crippen LogP contribution in [-0.2, 0) is 14.3 Å². The van der Waals surface area contributed by atoms with E-state index in [4.69, 9.17) is 0 Å². The summed E-state index contributed by atoms with van der Waals surface area (Å²) in [6.45, 7) is 6.93. The smallest absolute Gasteiger partial charge is 0.327 e. The molecule has 0 aromatic heterocycles. The van der Waals surface area contributed by atoms with Gasteiger partial charge in [-0.25, -0.2) is 0 Å². The van der Waals surface area contributed by atoms with Gasteiger partial charge in [0.05, 0.1) is 13.1 Å². The third-order valence-corrected chi connectivity index (χ3v) is 3.60. The lowest BCUT2D eigenvalue weighted by atomic mass is 9.96. The van der Waals surface area contributed by atoms with Gasteiger partial charge >= 0.3 is 11.9 Å². The van der Waals surface area contributed by atoms with Crippen LogP contribution in [0.4, 0.5) is 0 Å². The quantitative estimate of drug-likeness (QED) is 0.517. The van der Waals surface area contributed by atoms with E-state index in [9.17, 15) is 9.59 Å². The van der Waals surface area contributed by atoms with Crippen molar-refractivity contribution in [3.63, 3.8) is 0 Å². The molecule has 2 aliphatic heterocycles. The van der Waals surface area contributed by atoms with E-state index >= 15 is 0 Å². The number of carbonyl (C=O) groups excluding carboxylic acids is 2. The van der Waals surface area contributed by atoms with Crippen LogP contribution >= 0.6 is 0 Å². The van der Waals surface area contributed by atoms with Crippen LogP contribution in [-0.4, -0.2) is 61.0 Å². The first-order valence-corrected chi connectivity index (χ1v) is 6.35. The maximum absolute atomic E-state index is 11.1. The molecular weight excluding hydrogens is 220 g/mol. The van der Waals surface area contributed by atoms with Gasteiger partial charge in [0.1, 0.15) is 0 Å². The van der Waals surface area contributed by atoms with Gasteiger partial charge in [-0.15, -0.1) is 0 Å². The Labute approximate surface area is 102 Å². The van der Waals surface area contributed by atoms with Gasteiger partial charge in [0.2, 0.25) is 0 Å². The number of carbonyl (C=O) groups is 2. The summed E-state index contributed by atoms with van der Waals surface area (Å²) in [4.78, 5) is 26.6. The highest BCUT2D eigenvalue weighted by atomic mass is 16.6. The number of hydrogen-bond donors (Lipinski definition) is 0. The van der Waals surface area contributed by atoms with E-state index in [1.165, 1.54) is 0 Å². The Morgan fingerprint density at radius 3 is 2.24 bits per heavy atom. The summed E-state index contributed by atoms with van der Waals surface area (Å²) in [5, 5.41) is 0. The molecule has 2 aliphatic rings. The molecule has 0 unspecified atom stereocenters. The molecule has 2 heterocycles. The average molecular weight is 240 g/mol. The molecular formula is C12H20N2O3. The molecule has 96 valence electrons. The van der Waals surface area contributed by atoms with Crippen molar-refractivity contribution in [2.24, 2.45) is 5.92 Å². The number of hydrogen-bond acceptors (Lipinski definition) is 5. The Bertz CT molecular complexity index is 282. The topological polar surface area (TPSA) is 49.9 Å². The second-order valence-electron chi connectivity index (χ2n) is 4.89. The lowest BCUT2D eigenvalue weighted by molar-refractivity contribution is -0.167. The third kappa shape index (κ3) is 3.51. The summed E-state index contributed by atoms with van der Waals surface area (Å²) in [5.74, 6) is -0.212. The van der Waals surface area contributed by atoms with Gasteiger partial charge in [0.15, 0.2) is 0 Å². The first-order chi connectivity index (χ1) is 8.17. The van der Waals surface area contributed by atoms with Gasteiger partial charge in [-0.1, -0.05) is 6.92 Å². The molecule has 17 heavy (non-hydrogen) atoms. The standard InChI is InChI=1S/C12H20N2O3/c1-2-13-5-3-10(4-6-13)7-14-8-11(15)17-12(16)9-14/h10H,2-9H2,1H3. The van der Waals surface area contributed by atoms with Crippen molar-refractivity contribution in [2.45, 2.75) is 19.8 Å². The zero-order chi connectivity index (χ0) is 12.3. The first-order valence-electron chi connectivity index (χ1n) is 6.35. The molecule has 2 rings (SSSR count).